The number of ether oxygens (including phenoxy) is 1. The summed E-state index contributed by atoms with van der Waals surface area (Å²) in [5.41, 5.74) is 4.19. The van der Waals surface area contributed by atoms with Gasteiger partial charge in [0.1, 0.15) is 0 Å². The summed E-state index contributed by atoms with van der Waals surface area (Å²) >= 11 is 0. The van der Waals surface area contributed by atoms with Crippen molar-refractivity contribution in [3.05, 3.63) is 59.7 Å². The molecule has 2 aliphatic rings. The minimum atomic E-state index is -0.901. The lowest BCUT2D eigenvalue weighted by Gasteiger charge is -2.21. The predicted octanol–water partition coefficient (Wildman–Crippen LogP) is 4.93. The molecule has 2 saturated heterocycles. The Kier molecular flexibility index (Phi) is 8.88. The number of carbonyl (C=O) groups excluding carboxylic acids is 3. The molecular weight excluding hydrogens is 496 g/mol. The number of aliphatic carboxylic acids is 1. The van der Waals surface area contributed by atoms with Gasteiger partial charge in [-0.25, -0.2) is 0 Å². The molecule has 210 valence electrons. The molecule has 8 heteroatoms. The summed E-state index contributed by atoms with van der Waals surface area (Å²) in [6.07, 6.45) is 0.323. The van der Waals surface area contributed by atoms with Gasteiger partial charge in [0.25, 0.3) is 0 Å². The Morgan fingerprint density at radius 3 is 1.38 bits per heavy atom. The van der Waals surface area contributed by atoms with E-state index in [1.165, 1.54) is 18.2 Å². The Labute approximate surface area is 230 Å². The molecule has 0 saturated carbocycles. The third-order valence-electron chi connectivity index (χ3n) is 7.22. The molecule has 1 N–H and O–H groups in total. The van der Waals surface area contributed by atoms with Crippen molar-refractivity contribution in [1.29, 1.82) is 0 Å². The van der Waals surface area contributed by atoms with E-state index in [0.717, 1.165) is 11.4 Å². The number of methoxy groups -OCH3 is 1. The Balaban J connectivity index is 0.000000216. The highest BCUT2D eigenvalue weighted by atomic mass is 16.5. The quantitative estimate of drug-likeness (QED) is 0.556. The molecule has 0 radical (unpaired) electrons. The summed E-state index contributed by atoms with van der Waals surface area (Å²) in [6.45, 7) is 13.5. The zero-order valence-electron chi connectivity index (χ0n) is 24.0. The maximum atomic E-state index is 12.0. The maximum absolute atomic E-state index is 12.0. The van der Waals surface area contributed by atoms with E-state index in [1.54, 1.807) is 9.80 Å². The van der Waals surface area contributed by atoms with Gasteiger partial charge in [0.2, 0.25) is 11.8 Å². The summed E-state index contributed by atoms with van der Waals surface area (Å²) in [4.78, 5) is 49.5. The molecule has 2 heterocycles. The van der Waals surface area contributed by atoms with Gasteiger partial charge in [0, 0.05) is 37.3 Å². The third-order valence-corrected chi connectivity index (χ3v) is 7.22. The minimum Gasteiger partial charge on any atom is -0.481 e. The first-order valence-corrected chi connectivity index (χ1v) is 13.2. The smallest absolute Gasteiger partial charge is 0.311 e. The number of carboxylic acids is 1. The number of carbonyl (C=O) groups is 4. The van der Waals surface area contributed by atoms with Gasteiger partial charge in [-0.15, -0.1) is 0 Å². The normalized spacial score (nSPS) is 19.6. The average Bonchev–Trinajstić information content (AvgIpc) is 3.46. The highest BCUT2D eigenvalue weighted by Gasteiger charge is 2.36. The van der Waals surface area contributed by atoms with Gasteiger partial charge in [0.15, 0.2) is 0 Å². The zero-order valence-corrected chi connectivity index (χ0v) is 24.0. The first-order chi connectivity index (χ1) is 18.1. The van der Waals surface area contributed by atoms with Crippen molar-refractivity contribution < 1.29 is 29.0 Å². The molecule has 0 aliphatic carbocycles. The molecule has 0 bridgehead atoms. The molecule has 2 aromatic carbocycles. The molecule has 2 atom stereocenters. The van der Waals surface area contributed by atoms with Gasteiger partial charge >= 0.3 is 11.9 Å². The van der Waals surface area contributed by atoms with Crippen LogP contribution in [-0.4, -0.2) is 49.1 Å². The fourth-order valence-corrected chi connectivity index (χ4v) is 4.69. The number of hydrogen-bond donors (Lipinski definition) is 1. The van der Waals surface area contributed by atoms with Crippen molar-refractivity contribution in [2.75, 3.05) is 30.0 Å². The van der Waals surface area contributed by atoms with Crippen LogP contribution in [-0.2, 0) is 34.7 Å². The molecule has 2 aromatic rings. The number of carboxylic acid groups (broad SMARTS) is 1. The van der Waals surface area contributed by atoms with Gasteiger partial charge in [-0.2, -0.15) is 0 Å². The molecule has 2 amide bonds. The maximum Gasteiger partial charge on any atom is 0.311 e. The highest BCUT2D eigenvalue weighted by Crippen LogP contribution is 2.30. The van der Waals surface area contributed by atoms with E-state index in [1.807, 2.05) is 48.5 Å². The minimum absolute atomic E-state index is 0.0242. The standard InChI is InChI=1S/C16H21NO3.C15H19NO3/c1-16(2,3)12-5-7-13(8-6-12)17-10-11(9-14(17)18)15(19)20-4;1-15(2,3)11-4-6-12(7-5-11)16-9-10(14(18)19)8-13(16)17/h5-8,11H,9-10H2,1-4H3;4-7,10H,8-9H2,1-3H3,(H,18,19). The number of rotatable bonds is 4. The van der Waals surface area contributed by atoms with E-state index in [2.05, 4.69) is 41.5 Å². The monoisotopic (exact) mass is 536 g/mol. The molecule has 0 aromatic heterocycles. The lowest BCUT2D eigenvalue weighted by Crippen LogP contribution is -2.26. The summed E-state index contributed by atoms with van der Waals surface area (Å²) < 4.78 is 4.71. The van der Waals surface area contributed by atoms with Crippen molar-refractivity contribution in [2.45, 2.75) is 65.2 Å². The van der Waals surface area contributed by atoms with E-state index < -0.39 is 11.9 Å². The Hall–Kier alpha value is -3.68. The fraction of sp³-hybridized carbons (Fsp3) is 0.484. The second kappa shape index (κ2) is 11.6. The van der Waals surface area contributed by atoms with Crippen LogP contribution >= 0.6 is 0 Å². The van der Waals surface area contributed by atoms with E-state index in [4.69, 9.17) is 9.84 Å². The Morgan fingerprint density at radius 2 is 1.08 bits per heavy atom. The zero-order chi connectivity index (χ0) is 29.1. The van der Waals surface area contributed by atoms with Crippen LogP contribution < -0.4 is 9.80 Å². The summed E-state index contributed by atoms with van der Waals surface area (Å²) in [5.74, 6) is -2.29. The summed E-state index contributed by atoms with van der Waals surface area (Å²) in [7, 11) is 1.35. The van der Waals surface area contributed by atoms with Crippen molar-refractivity contribution in [2.24, 2.45) is 11.8 Å². The molecule has 0 spiro atoms. The summed E-state index contributed by atoms with van der Waals surface area (Å²) in [5, 5.41) is 8.97. The van der Waals surface area contributed by atoms with Gasteiger partial charge < -0.3 is 19.6 Å². The largest absolute Gasteiger partial charge is 0.481 e. The number of benzene rings is 2. The third kappa shape index (κ3) is 7.25. The van der Waals surface area contributed by atoms with Gasteiger partial charge in [0.05, 0.1) is 18.9 Å². The highest BCUT2D eigenvalue weighted by molar-refractivity contribution is 6.00. The Morgan fingerprint density at radius 1 is 0.718 bits per heavy atom. The SMILES string of the molecule is CC(C)(C)c1ccc(N2CC(C(=O)O)CC2=O)cc1.COC(=O)C1CC(=O)N(c2ccc(C(C)(C)C)cc2)C1. The molecule has 39 heavy (non-hydrogen) atoms. The van der Waals surface area contributed by atoms with E-state index in [-0.39, 0.29) is 53.9 Å². The van der Waals surface area contributed by atoms with Crippen molar-refractivity contribution in [1.82, 2.24) is 0 Å². The molecular formula is C31H40N2O6. The van der Waals surface area contributed by atoms with Crippen LogP contribution in [0.3, 0.4) is 0 Å². The van der Waals surface area contributed by atoms with Crippen LogP contribution in [0.5, 0.6) is 0 Å². The first-order valence-electron chi connectivity index (χ1n) is 13.2. The van der Waals surface area contributed by atoms with Crippen LogP contribution in [0.4, 0.5) is 11.4 Å². The van der Waals surface area contributed by atoms with Crippen LogP contribution in [0.1, 0.15) is 65.5 Å². The second-order valence-corrected chi connectivity index (χ2v) is 12.3. The second-order valence-electron chi connectivity index (χ2n) is 12.3. The average molecular weight is 537 g/mol. The van der Waals surface area contributed by atoms with Gasteiger partial charge in [-0.05, 0) is 46.2 Å². The van der Waals surface area contributed by atoms with Crippen molar-refractivity contribution >= 4 is 35.1 Å². The van der Waals surface area contributed by atoms with Crippen LogP contribution in [0, 0.1) is 11.8 Å². The van der Waals surface area contributed by atoms with Crippen LogP contribution in [0.2, 0.25) is 0 Å². The lowest BCUT2D eigenvalue weighted by molar-refractivity contribution is -0.145. The first kappa shape index (κ1) is 29.9. The number of nitrogens with zero attached hydrogens (tertiary/aromatic N) is 2. The molecule has 8 nitrogen and oxygen atoms in total. The van der Waals surface area contributed by atoms with Crippen molar-refractivity contribution in [3.63, 3.8) is 0 Å². The number of anilines is 2. The van der Waals surface area contributed by atoms with Crippen LogP contribution in [0.15, 0.2) is 48.5 Å². The Bertz CT molecular complexity index is 1210. The fourth-order valence-electron chi connectivity index (χ4n) is 4.69. The van der Waals surface area contributed by atoms with Gasteiger partial charge in [-0.1, -0.05) is 65.8 Å². The number of hydrogen-bond acceptors (Lipinski definition) is 5. The van der Waals surface area contributed by atoms with E-state index in [9.17, 15) is 19.2 Å². The number of esters is 1. The topological polar surface area (TPSA) is 104 Å². The number of amides is 2. The molecule has 2 aliphatic heterocycles. The molecule has 4 rings (SSSR count). The van der Waals surface area contributed by atoms with E-state index >= 15 is 0 Å². The molecule has 2 fully saturated rings. The summed E-state index contributed by atoms with van der Waals surface area (Å²) in [6, 6.07) is 15.7. The van der Waals surface area contributed by atoms with Crippen LogP contribution in [0.25, 0.3) is 0 Å². The van der Waals surface area contributed by atoms with Gasteiger partial charge in [-0.3, -0.25) is 19.2 Å². The predicted molar refractivity (Wildman–Crippen MR) is 151 cm³/mol. The van der Waals surface area contributed by atoms with Crippen molar-refractivity contribution in [3.8, 4) is 0 Å². The van der Waals surface area contributed by atoms with E-state index in [0.29, 0.717) is 6.54 Å². The lowest BCUT2D eigenvalue weighted by atomic mass is 9.87. The molecule has 2 unspecified atom stereocenters.